The number of hydrogen-bond acceptors (Lipinski definition) is 6. The fourth-order valence-corrected chi connectivity index (χ4v) is 3.99. The second kappa shape index (κ2) is 12.6. The molecule has 0 bridgehead atoms. The normalized spacial score (nSPS) is 10.9. The second-order valence-corrected chi connectivity index (χ2v) is 8.66. The van der Waals surface area contributed by atoms with Crippen molar-refractivity contribution in [1.82, 2.24) is 9.97 Å². The van der Waals surface area contributed by atoms with Gasteiger partial charge in [0.25, 0.3) is 0 Å². The molecule has 0 aliphatic carbocycles. The highest BCUT2D eigenvalue weighted by Gasteiger charge is 2.13. The molecule has 0 saturated heterocycles. The van der Waals surface area contributed by atoms with Crippen LogP contribution < -0.4 is 15.2 Å². The highest BCUT2D eigenvalue weighted by molar-refractivity contribution is 7.97. The lowest BCUT2D eigenvalue weighted by molar-refractivity contribution is 0.281. The van der Waals surface area contributed by atoms with Gasteiger partial charge in [-0.2, -0.15) is 11.8 Å². The van der Waals surface area contributed by atoms with Gasteiger partial charge >= 0.3 is 0 Å². The fraction of sp³-hybridized carbons (Fsp3) is 0.333. The van der Waals surface area contributed by atoms with Crippen molar-refractivity contribution < 1.29 is 18.3 Å². The topological polar surface area (TPSA) is 70.3 Å². The average Bonchev–Trinajstić information content (AvgIpc) is 2.77. The van der Waals surface area contributed by atoms with Crippen LogP contribution in [0.5, 0.6) is 11.6 Å². The van der Waals surface area contributed by atoms with Gasteiger partial charge in [-0.1, -0.05) is 11.6 Å². The van der Waals surface area contributed by atoms with Crippen molar-refractivity contribution in [3.8, 4) is 22.8 Å². The van der Waals surface area contributed by atoms with Gasteiger partial charge in [-0.15, -0.1) is 0 Å². The van der Waals surface area contributed by atoms with Crippen LogP contribution in [0, 0.1) is 11.6 Å². The van der Waals surface area contributed by atoms with E-state index in [9.17, 15) is 8.78 Å². The molecule has 0 spiro atoms. The summed E-state index contributed by atoms with van der Waals surface area (Å²) in [5, 5.41) is 0.430. The molecule has 2 N–H and O–H groups in total. The summed E-state index contributed by atoms with van der Waals surface area (Å²) in [7, 11) is 0. The first-order valence-corrected chi connectivity index (χ1v) is 12.4. The minimum atomic E-state index is -0.546. The Balaban J connectivity index is 1.43. The molecule has 0 aliphatic rings. The van der Waals surface area contributed by atoms with Crippen molar-refractivity contribution in [2.75, 3.05) is 25.2 Å². The van der Waals surface area contributed by atoms with Crippen LogP contribution >= 0.6 is 23.4 Å². The van der Waals surface area contributed by atoms with Gasteiger partial charge in [0.15, 0.2) is 0 Å². The van der Waals surface area contributed by atoms with Crippen molar-refractivity contribution in [3.63, 3.8) is 0 Å². The third kappa shape index (κ3) is 7.75. The number of thioether (sulfide) groups is 1. The highest BCUT2D eigenvalue weighted by Crippen LogP contribution is 2.33. The van der Waals surface area contributed by atoms with E-state index in [1.54, 1.807) is 11.8 Å². The SMILES string of the molecule is CSCc1cc(Cl)nc(OCCCCCCOc2cc(F)ccc2-c2cc(N)ncc2F)c1. The standard InChI is InChI=1S/C24H26ClF2N3O2S/c1-33-15-16-10-22(25)30-24(11-16)32-9-5-3-2-4-8-31-21-12-17(26)6-7-18(21)19-13-23(28)29-14-20(19)27/h6-7,10-14H,2-5,8-9,15H2,1H3,(H2,28,29). The second-order valence-electron chi connectivity index (χ2n) is 7.41. The maximum Gasteiger partial charge on any atom is 0.214 e. The lowest BCUT2D eigenvalue weighted by atomic mass is 10.0. The summed E-state index contributed by atoms with van der Waals surface area (Å²) >= 11 is 7.75. The van der Waals surface area contributed by atoms with Gasteiger partial charge in [-0.3, -0.25) is 0 Å². The number of benzene rings is 1. The van der Waals surface area contributed by atoms with Gasteiger partial charge < -0.3 is 15.2 Å². The molecule has 0 saturated carbocycles. The molecule has 0 amide bonds. The molecule has 0 aliphatic heterocycles. The van der Waals surface area contributed by atoms with Crippen molar-refractivity contribution >= 4 is 29.2 Å². The number of unbranched alkanes of at least 4 members (excludes halogenated alkanes) is 3. The Morgan fingerprint density at radius 1 is 0.970 bits per heavy atom. The van der Waals surface area contributed by atoms with Crippen LogP contribution in [0.4, 0.5) is 14.6 Å². The monoisotopic (exact) mass is 493 g/mol. The van der Waals surface area contributed by atoms with E-state index in [0.717, 1.165) is 43.2 Å². The van der Waals surface area contributed by atoms with Crippen LogP contribution in [0.1, 0.15) is 31.2 Å². The molecule has 0 unspecified atom stereocenters. The number of pyridine rings is 2. The maximum atomic E-state index is 14.2. The van der Waals surface area contributed by atoms with Crippen LogP contribution in [-0.4, -0.2) is 29.4 Å². The Morgan fingerprint density at radius 2 is 1.73 bits per heavy atom. The predicted molar refractivity (Wildman–Crippen MR) is 130 cm³/mol. The van der Waals surface area contributed by atoms with E-state index in [2.05, 4.69) is 9.97 Å². The summed E-state index contributed by atoms with van der Waals surface area (Å²) in [5.41, 5.74) is 7.42. The first-order valence-electron chi connectivity index (χ1n) is 10.6. The molecule has 9 heteroatoms. The first kappa shape index (κ1) is 25.1. The molecule has 3 aromatic rings. The number of nitrogens with zero attached hydrogens (tertiary/aromatic N) is 2. The van der Waals surface area contributed by atoms with E-state index in [4.69, 9.17) is 26.8 Å². The number of anilines is 1. The smallest absolute Gasteiger partial charge is 0.214 e. The summed E-state index contributed by atoms with van der Waals surface area (Å²) in [6, 6.07) is 9.15. The van der Waals surface area contributed by atoms with E-state index in [-0.39, 0.29) is 17.1 Å². The molecule has 176 valence electrons. The van der Waals surface area contributed by atoms with Crippen LogP contribution in [0.25, 0.3) is 11.1 Å². The minimum absolute atomic E-state index is 0.178. The zero-order chi connectivity index (χ0) is 23.6. The van der Waals surface area contributed by atoms with E-state index in [0.29, 0.717) is 29.8 Å². The number of hydrogen-bond donors (Lipinski definition) is 1. The Labute approximate surface area is 201 Å². The van der Waals surface area contributed by atoms with Crippen molar-refractivity contribution in [3.05, 3.63) is 64.9 Å². The molecule has 2 aromatic heterocycles. The van der Waals surface area contributed by atoms with E-state index < -0.39 is 11.6 Å². The molecule has 33 heavy (non-hydrogen) atoms. The summed E-state index contributed by atoms with van der Waals surface area (Å²) in [6.07, 6.45) is 6.55. The molecular formula is C24H26ClF2N3O2S. The summed E-state index contributed by atoms with van der Waals surface area (Å²) in [6.45, 7) is 0.928. The lowest BCUT2D eigenvalue weighted by Crippen LogP contribution is -2.02. The van der Waals surface area contributed by atoms with Gasteiger partial charge in [0, 0.05) is 29.0 Å². The third-order valence-electron chi connectivity index (χ3n) is 4.80. The zero-order valence-corrected chi connectivity index (χ0v) is 19.9. The molecule has 0 radical (unpaired) electrons. The van der Waals surface area contributed by atoms with Gasteiger partial charge in [0.2, 0.25) is 5.88 Å². The van der Waals surface area contributed by atoms with Crippen molar-refractivity contribution in [2.45, 2.75) is 31.4 Å². The summed E-state index contributed by atoms with van der Waals surface area (Å²) in [5.74, 6) is 0.845. The number of ether oxygens (including phenoxy) is 2. The zero-order valence-electron chi connectivity index (χ0n) is 18.3. The Bertz CT molecular complexity index is 1070. The number of halogens is 3. The van der Waals surface area contributed by atoms with Crippen LogP contribution in [0.2, 0.25) is 5.15 Å². The molecule has 0 fully saturated rings. The predicted octanol–water partition coefficient (Wildman–Crippen LogP) is 6.54. The first-order chi connectivity index (χ1) is 16.0. The van der Waals surface area contributed by atoms with Gasteiger partial charge in [0.05, 0.1) is 19.4 Å². The lowest BCUT2D eigenvalue weighted by Gasteiger charge is -2.13. The minimum Gasteiger partial charge on any atom is -0.493 e. The van der Waals surface area contributed by atoms with Crippen LogP contribution in [0.3, 0.4) is 0 Å². The van der Waals surface area contributed by atoms with Crippen LogP contribution in [0.15, 0.2) is 42.6 Å². The van der Waals surface area contributed by atoms with E-state index in [1.165, 1.54) is 24.3 Å². The number of nitrogens with two attached hydrogens (primary N) is 1. The van der Waals surface area contributed by atoms with E-state index in [1.807, 2.05) is 18.4 Å². The third-order valence-corrected chi connectivity index (χ3v) is 5.61. The van der Waals surface area contributed by atoms with Crippen molar-refractivity contribution in [2.24, 2.45) is 0 Å². The average molecular weight is 494 g/mol. The van der Waals surface area contributed by atoms with Gasteiger partial charge in [-0.25, -0.2) is 18.7 Å². The number of rotatable bonds is 12. The van der Waals surface area contributed by atoms with Gasteiger partial charge in [-0.05, 0) is 61.8 Å². The van der Waals surface area contributed by atoms with Gasteiger partial charge in [0.1, 0.15) is 28.4 Å². The largest absolute Gasteiger partial charge is 0.493 e. The summed E-state index contributed by atoms with van der Waals surface area (Å²) < 4.78 is 39.4. The number of nitrogen functional groups attached to an aromatic ring is 1. The molecule has 0 atom stereocenters. The summed E-state index contributed by atoms with van der Waals surface area (Å²) in [4.78, 5) is 7.92. The molecule has 5 nitrogen and oxygen atoms in total. The number of aromatic nitrogens is 2. The Hall–Kier alpha value is -2.58. The highest BCUT2D eigenvalue weighted by atomic mass is 35.5. The maximum absolute atomic E-state index is 14.2. The molecule has 3 rings (SSSR count). The Kier molecular flexibility index (Phi) is 9.57. The fourth-order valence-electron chi connectivity index (χ4n) is 3.26. The molecule has 2 heterocycles. The molecule has 1 aromatic carbocycles. The van der Waals surface area contributed by atoms with Crippen molar-refractivity contribution in [1.29, 1.82) is 0 Å². The Morgan fingerprint density at radius 3 is 2.48 bits per heavy atom. The quantitative estimate of drug-likeness (QED) is 0.228. The van der Waals surface area contributed by atoms with E-state index >= 15 is 0 Å². The molecular weight excluding hydrogens is 468 g/mol. The van der Waals surface area contributed by atoms with Crippen LogP contribution in [-0.2, 0) is 5.75 Å².